The van der Waals surface area contributed by atoms with Crippen LogP contribution in [0.2, 0.25) is 0 Å². The standard InChI is InChI=1S/C14H22BrNO3/c1-14(2,3)19-9-12(17)8-16-11-5-10(15)6-13(7-11)18-4/h5-7,12,16-17H,8-9H2,1-4H3. The number of methoxy groups -OCH3 is 1. The van der Waals surface area contributed by atoms with E-state index in [4.69, 9.17) is 9.47 Å². The summed E-state index contributed by atoms with van der Waals surface area (Å²) in [5.41, 5.74) is 0.654. The number of benzene rings is 1. The summed E-state index contributed by atoms with van der Waals surface area (Å²) in [5.74, 6) is 0.761. The summed E-state index contributed by atoms with van der Waals surface area (Å²) in [6.07, 6.45) is -0.552. The molecule has 108 valence electrons. The number of hydrogen-bond donors (Lipinski definition) is 2. The molecule has 19 heavy (non-hydrogen) atoms. The van der Waals surface area contributed by atoms with Gasteiger partial charge in [0.2, 0.25) is 0 Å². The molecule has 0 aliphatic heterocycles. The lowest BCUT2D eigenvalue weighted by atomic mass is 10.2. The monoisotopic (exact) mass is 331 g/mol. The molecule has 0 bridgehead atoms. The number of ether oxygens (including phenoxy) is 2. The van der Waals surface area contributed by atoms with Crippen LogP contribution in [-0.4, -0.2) is 37.1 Å². The highest BCUT2D eigenvalue weighted by molar-refractivity contribution is 9.10. The summed E-state index contributed by atoms with van der Waals surface area (Å²) in [6.45, 7) is 6.63. The van der Waals surface area contributed by atoms with Gasteiger partial charge in [0, 0.05) is 22.8 Å². The molecule has 0 amide bonds. The third-order valence-corrected chi connectivity index (χ3v) is 2.82. The summed E-state index contributed by atoms with van der Waals surface area (Å²) in [6, 6.07) is 5.69. The van der Waals surface area contributed by atoms with Gasteiger partial charge in [0.15, 0.2) is 0 Å². The van der Waals surface area contributed by atoms with Crippen LogP contribution in [0.3, 0.4) is 0 Å². The van der Waals surface area contributed by atoms with Gasteiger partial charge in [0.1, 0.15) is 5.75 Å². The Morgan fingerprint density at radius 1 is 1.32 bits per heavy atom. The third-order valence-electron chi connectivity index (χ3n) is 2.36. The predicted molar refractivity (Wildman–Crippen MR) is 80.9 cm³/mol. The van der Waals surface area contributed by atoms with Crippen LogP contribution in [0.15, 0.2) is 22.7 Å². The Bertz CT molecular complexity index is 404. The second kappa shape index (κ2) is 7.12. The number of rotatable bonds is 6. The van der Waals surface area contributed by atoms with E-state index in [1.807, 2.05) is 39.0 Å². The zero-order chi connectivity index (χ0) is 14.5. The van der Waals surface area contributed by atoms with Crippen LogP contribution in [0.4, 0.5) is 5.69 Å². The largest absolute Gasteiger partial charge is 0.497 e. The summed E-state index contributed by atoms with van der Waals surface area (Å²) >= 11 is 3.41. The molecule has 0 saturated carbocycles. The molecule has 1 unspecified atom stereocenters. The first-order chi connectivity index (χ1) is 8.80. The maximum atomic E-state index is 9.84. The van der Waals surface area contributed by atoms with Crippen molar-refractivity contribution in [1.82, 2.24) is 0 Å². The fraction of sp³-hybridized carbons (Fsp3) is 0.571. The SMILES string of the molecule is COc1cc(Br)cc(NCC(O)COC(C)(C)C)c1. The molecule has 0 aliphatic rings. The highest BCUT2D eigenvalue weighted by Gasteiger charge is 2.13. The van der Waals surface area contributed by atoms with Crippen LogP contribution in [0.5, 0.6) is 5.75 Å². The Morgan fingerprint density at radius 2 is 2.00 bits per heavy atom. The molecule has 0 spiro atoms. The van der Waals surface area contributed by atoms with Crippen molar-refractivity contribution in [3.05, 3.63) is 22.7 Å². The van der Waals surface area contributed by atoms with Crippen LogP contribution in [0.1, 0.15) is 20.8 Å². The van der Waals surface area contributed by atoms with Gasteiger partial charge < -0.3 is 19.9 Å². The first kappa shape index (κ1) is 16.3. The van der Waals surface area contributed by atoms with Crippen molar-refractivity contribution in [3.8, 4) is 5.75 Å². The molecule has 4 nitrogen and oxygen atoms in total. The number of aliphatic hydroxyl groups is 1. The Balaban J connectivity index is 2.45. The van der Waals surface area contributed by atoms with E-state index in [1.165, 1.54) is 0 Å². The van der Waals surface area contributed by atoms with E-state index in [0.717, 1.165) is 15.9 Å². The first-order valence-electron chi connectivity index (χ1n) is 6.20. The molecule has 1 rings (SSSR count). The molecule has 1 aromatic carbocycles. The molecule has 1 aromatic rings. The molecule has 0 radical (unpaired) electrons. The lowest BCUT2D eigenvalue weighted by molar-refractivity contribution is -0.0449. The minimum absolute atomic E-state index is 0.236. The fourth-order valence-corrected chi connectivity index (χ4v) is 1.90. The van der Waals surface area contributed by atoms with Crippen LogP contribution in [0, 0.1) is 0 Å². The van der Waals surface area contributed by atoms with E-state index in [-0.39, 0.29) is 5.60 Å². The molecule has 0 heterocycles. The minimum Gasteiger partial charge on any atom is -0.497 e. The predicted octanol–water partition coefficient (Wildman–Crippen LogP) is 3.05. The number of halogens is 1. The summed E-state index contributed by atoms with van der Waals surface area (Å²) in [5, 5.41) is 13.0. The quantitative estimate of drug-likeness (QED) is 0.841. The zero-order valence-corrected chi connectivity index (χ0v) is 13.5. The average Bonchev–Trinajstić information content (AvgIpc) is 2.32. The first-order valence-corrected chi connectivity index (χ1v) is 7.00. The highest BCUT2D eigenvalue weighted by Crippen LogP contribution is 2.24. The lowest BCUT2D eigenvalue weighted by Crippen LogP contribution is -2.30. The Labute approximate surface area is 123 Å². The van der Waals surface area contributed by atoms with E-state index in [9.17, 15) is 5.11 Å². The van der Waals surface area contributed by atoms with E-state index < -0.39 is 6.10 Å². The van der Waals surface area contributed by atoms with Gasteiger partial charge in [0.25, 0.3) is 0 Å². The molecule has 5 heteroatoms. The van der Waals surface area contributed by atoms with Crippen LogP contribution in [0.25, 0.3) is 0 Å². The van der Waals surface area contributed by atoms with E-state index in [2.05, 4.69) is 21.2 Å². The van der Waals surface area contributed by atoms with Gasteiger partial charge in [-0.05, 0) is 32.9 Å². The van der Waals surface area contributed by atoms with E-state index >= 15 is 0 Å². The average molecular weight is 332 g/mol. The lowest BCUT2D eigenvalue weighted by Gasteiger charge is -2.22. The van der Waals surface area contributed by atoms with Crippen molar-refractivity contribution in [2.24, 2.45) is 0 Å². The molecule has 2 N–H and O–H groups in total. The maximum Gasteiger partial charge on any atom is 0.122 e. The van der Waals surface area contributed by atoms with Crippen LogP contribution in [-0.2, 0) is 4.74 Å². The normalized spacial score (nSPS) is 13.2. The van der Waals surface area contributed by atoms with Crippen LogP contribution >= 0.6 is 15.9 Å². The van der Waals surface area contributed by atoms with Crippen molar-refractivity contribution in [2.45, 2.75) is 32.5 Å². The van der Waals surface area contributed by atoms with Crippen molar-refractivity contribution in [2.75, 3.05) is 25.6 Å². The number of anilines is 1. The van der Waals surface area contributed by atoms with Gasteiger partial charge in [-0.25, -0.2) is 0 Å². The number of nitrogens with one attached hydrogen (secondary N) is 1. The van der Waals surface area contributed by atoms with Gasteiger partial charge in [0.05, 0.1) is 25.4 Å². The molecule has 0 saturated heterocycles. The summed E-state index contributed by atoms with van der Waals surface area (Å²) in [7, 11) is 1.62. The topological polar surface area (TPSA) is 50.7 Å². The van der Waals surface area contributed by atoms with Gasteiger partial charge >= 0.3 is 0 Å². The van der Waals surface area contributed by atoms with Crippen molar-refractivity contribution in [3.63, 3.8) is 0 Å². The number of aliphatic hydroxyl groups excluding tert-OH is 1. The summed E-state index contributed by atoms with van der Waals surface area (Å²) < 4.78 is 11.6. The second-order valence-corrected chi connectivity index (χ2v) is 6.25. The van der Waals surface area contributed by atoms with Crippen molar-refractivity contribution >= 4 is 21.6 Å². The van der Waals surface area contributed by atoms with E-state index in [1.54, 1.807) is 7.11 Å². The molecule has 1 atom stereocenters. The zero-order valence-electron chi connectivity index (χ0n) is 11.9. The van der Waals surface area contributed by atoms with E-state index in [0.29, 0.717) is 13.2 Å². The van der Waals surface area contributed by atoms with Crippen molar-refractivity contribution in [1.29, 1.82) is 0 Å². The third kappa shape index (κ3) is 6.80. The van der Waals surface area contributed by atoms with Crippen molar-refractivity contribution < 1.29 is 14.6 Å². The maximum absolute atomic E-state index is 9.84. The van der Waals surface area contributed by atoms with Gasteiger partial charge in [-0.1, -0.05) is 15.9 Å². The molecule has 0 fully saturated rings. The smallest absolute Gasteiger partial charge is 0.122 e. The Hall–Kier alpha value is -0.780. The molecular formula is C14H22BrNO3. The minimum atomic E-state index is -0.552. The highest BCUT2D eigenvalue weighted by atomic mass is 79.9. The fourth-order valence-electron chi connectivity index (χ4n) is 1.42. The molecule has 0 aliphatic carbocycles. The van der Waals surface area contributed by atoms with Gasteiger partial charge in [-0.3, -0.25) is 0 Å². The molecule has 0 aromatic heterocycles. The number of hydrogen-bond acceptors (Lipinski definition) is 4. The van der Waals surface area contributed by atoms with Gasteiger partial charge in [-0.15, -0.1) is 0 Å². The Kier molecular flexibility index (Phi) is 6.10. The second-order valence-electron chi connectivity index (χ2n) is 5.34. The summed E-state index contributed by atoms with van der Waals surface area (Å²) in [4.78, 5) is 0. The molecular weight excluding hydrogens is 310 g/mol. The Morgan fingerprint density at radius 3 is 2.58 bits per heavy atom. The van der Waals surface area contributed by atoms with Gasteiger partial charge in [-0.2, -0.15) is 0 Å². The van der Waals surface area contributed by atoms with Crippen LogP contribution < -0.4 is 10.1 Å².